The Morgan fingerprint density at radius 3 is 2.30 bits per heavy atom. The summed E-state index contributed by atoms with van der Waals surface area (Å²) in [5.41, 5.74) is 6.57. The minimum absolute atomic E-state index is 0.182. The highest BCUT2D eigenvalue weighted by Crippen LogP contribution is 2.17. The van der Waals surface area contributed by atoms with Crippen molar-refractivity contribution in [2.24, 2.45) is 5.73 Å². The smallest absolute Gasteiger partial charge is 0.175 e. The number of hydrogen-bond acceptors (Lipinski definition) is 6. The molecule has 2 aromatic rings. The van der Waals surface area contributed by atoms with Gasteiger partial charge in [-0.1, -0.05) is 12.2 Å². The molecule has 1 heterocycles. The summed E-state index contributed by atoms with van der Waals surface area (Å²) >= 11 is 4.78. The summed E-state index contributed by atoms with van der Waals surface area (Å²) in [7, 11) is -3.19. The molecular formula is C12H12N4O2S2. The van der Waals surface area contributed by atoms with Crippen LogP contribution in [0, 0.1) is 0 Å². The van der Waals surface area contributed by atoms with Gasteiger partial charge in [-0.2, -0.15) is 0 Å². The molecule has 0 aliphatic carbocycles. The summed E-state index contributed by atoms with van der Waals surface area (Å²) in [4.78, 5) is 8.60. The molecule has 104 valence electrons. The van der Waals surface area contributed by atoms with Crippen molar-refractivity contribution in [3.05, 3.63) is 42.4 Å². The Morgan fingerprint density at radius 2 is 1.85 bits per heavy atom. The van der Waals surface area contributed by atoms with E-state index < -0.39 is 9.84 Å². The summed E-state index contributed by atoms with van der Waals surface area (Å²) in [6.45, 7) is 0. The molecule has 0 aliphatic heterocycles. The van der Waals surface area contributed by atoms with E-state index in [9.17, 15) is 8.42 Å². The molecule has 20 heavy (non-hydrogen) atoms. The van der Waals surface area contributed by atoms with Gasteiger partial charge in [-0.3, -0.25) is 0 Å². The number of anilines is 2. The van der Waals surface area contributed by atoms with Crippen molar-refractivity contribution < 1.29 is 8.42 Å². The third-order valence-electron chi connectivity index (χ3n) is 2.46. The first kappa shape index (κ1) is 14.4. The zero-order valence-electron chi connectivity index (χ0n) is 10.6. The third kappa shape index (κ3) is 3.49. The van der Waals surface area contributed by atoms with Gasteiger partial charge in [0.25, 0.3) is 0 Å². The van der Waals surface area contributed by atoms with Crippen LogP contribution in [0.1, 0.15) is 5.69 Å². The SMILES string of the molecule is CS(=O)(=O)c1ccc(Nc2cnc(C(N)=S)cn2)cc1. The van der Waals surface area contributed by atoms with Crippen LogP contribution in [-0.4, -0.2) is 29.6 Å². The van der Waals surface area contributed by atoms with Crippen molar-refractivity contribution in [2.45, 2.75) is 4.90 Å². The van der Waals surface area contributed by atoms with E-state index in [-0.39, 0.29) is 9.88 Å². The van der Waals surface area contributed by atoms with Gasteiger partial charge in [0.2, 0.25) is 0 Å². The fourth-order valence-corrected chi connectivity index (χ4v) is 2.19. The number of sulfone groups is 1. The Morgan fingerprint density at radius 1 is 1.20 bits per heavy atom. The van der Waals surface area contributed by atoms with E-state index in [4.69, 9.17) is 18.0 Å². The number of nitrogens with one attached hydrogen (secondary N) is 1. The minimum Gasteiger partial charge on any atom is -0.388 e. The van der Waals surface area contributed by atoms with Crippen molar-refractivity contribution in [3.63, 3.8) is 0 Å². The molecule has 0 radical (unpaired) electrons. The lowest BCUT2D eigenvalue weighted by atomic mass is 10.3. The molecule has 0 atom stereocenters. The molecule has 0 saturated carbocycles. The third-order valence-corrected chi connectivity index (χ3v) is 3.80. The zero-order chi connectivity index (χ0) is 14.8. The molecule has 8 heteroatoms. The van der Waals surface area contributed by atoms with Crippen molar-refractivity contribution in [3.8, 4) is 0 Å². The standard InChI is InChI=1S/C12H12N4O2S2/c1-20(17,18)9-4-2-8(3-5-9)16-11-7-14-10(6-15-11)12(13)19/h2-7H,1H3,(H2,13,19)(H,15,16). The van der Waals surface area contributed by atoms with Crippen LogP contribution in [0.4, 0.5) is 11.5 Å². The van der Waals surface area contributed by atoms with Crippen molar-refractivity contribution in [1.82, 2.24) is 9.97 Å². The molecule has 1 aromatic heterocycles. The minimum atomic E-state index is -3.19. The molecule has 0 amide bonds. The molecule has 0 bridgehead atoms. The van der Waals surface area contributed by atoms with E-state index in [1.165, 1.54) is 24.5 Å². The van der Waals surface area contributed by atoms with E-state index in [2.05, 4.69) is 15.3 Å². The van der Waals surface area contributed by atoms with Crippen LogP contribution in [-0.2, 0) is 9.84 Å². The lowest BCUT2D eigenvalue weighted by molar-refractivity contribution is 0.602. The van der Waals surface area contributed by atoms with Crippen LogP contribution >= 0.6 is 12.2 Å². The monoisotopic (exact) mass is 308 g/mol. The maximum atomic E-state index is 11.3. The van der Waals surface area contributed by atoms with Gasteiger partial charge in [-0.25, -0.2) is 18.4 Å². The van der Waals surface area contributed by atoms with Crippen molar-refractivity contribution in [2.75, 3.05) is 11.6 Å². The number of hydrogen-bond donors (Lipinski definition) is 2. The predicted molar refractivity (Wildman–Crippen MR) is 80.8 cm³/mol. The molecule has 0 saturated heterocycles. The average Bonchev–Trinajstić information content (AvgIpc) is 2.39. The van der Waals surface area contributed by atoms with Crippen LogP contribution in [0.5, 0.6) is 0 Å². The van der Waals surface area contributed by atoms with Crippen LogP contribution < -0.4 is 11.1 Å². The number of nitrogens with two attached hydrogens (primary N) is 1. The molecule has 6 nitrogen and oxygen atoms in total. The highest BCUT2D eigenvalue weighted by atomic mass is 32.2. The highest BCUT2D eigenvalue weighted by molar-refractivity contribution is 7.90. The van der Waals surface area contributed by atoms with E-state index in [0.717, 1.165) is 6.26 Å². The first-order valence-electron chi connectivity index (χ1n) is 5.55. The van der Waals surface area contributed by atoms with Gasteiger partial charge in [0, 0.05) is 11.9 Å². The van der Waals surface area contributed by atoms with Gasteiger partial charge < -0.3 is 11.1 Å². The Hall–Kier alpha value is -2.06. The zero-order valence-corrected chi connectivity index (χ0v) is 12.2. The summed E-state index contributed by atoms with van der Waals surface area (Å²) < 4.78 is 22.7. The molecule has 0 aliphatic rings. The van der Waals surface area contributed by atoms with Crippen LogP contribution in [0.25, 0.3) is 0 Å². The second-order valence-electron chi connectivity index (χ2n) is 4.07. The van der Waals surface area contributed by atoms with Crippen LogP contribution in [0.3, 0.4) is 0 Å². The first-order chi connectivity index (χ1) is 9.36. The second kappa shape index (κ2) is 5.51. The van der Waals surface area contributed by atoms with E-state index in [1.54, 1.807) is 12.1 Å². The van der Waals surface area contributed by atoms with Crippen molar-refractivity contribution in [1.29, 1.82) is 0 Å². The number of aromatic nitrogens is 2. The molecular weight excluding hydrogens is 296 g/mol. The first-order valence-corrected chi connectivity index (χ1v) is 7.85. The number of thiocarbonyl (C=S) groups is 1. The quantitative estimate of drug-likeness (QED) is 0.820. The normalized spacial score (nSPS) is 11.1. The van der Waals surface area contributed by atoms with Gasteiger partial charge >= 0.3 is 0 Å². The summed E-state index contributed by atoms with van der Waals surface area (Å²) in [6, 6.07) is 6.35. The topological polar surface area (TPSA) is 98.0 Å². The van der Waals surface area contributed by atoms with Gasteiger partial charge in [0.15, 0.2) is 9.84 Å². The summed E-state index contributed by atoms with van der Waals surface area (Å²) in [5, 5.41) is 3.00. The van der Waals surface area contributed by atoms with Gasteiger partial charge in [0.05, 0.1) is 17.3 Å². The molecule has 0 spiro atoms. The van der Waals surface area contributed by atoms with E-state index in [0.29, 0.717) is 17.2 Å². The number of benzene rings is 1. The van der Waals surface area contributed by atoms with Gasteiger partial charge in [-0.05, 0) is 24.3 Å². The van der Waals surface area contributed by atoms with E-state index in [1.807, 2.05) is 0 Å². The lowest BCUT2D eigenvalue weighted by Crippen LogP contribution is -2.12. The van der Waals surface area contributed by atoms with Gasteiger partial charge in [-0.15, -0.1) is 0 Å². The fourth-order valence-electron chi connectivity index (χ4n) is 1.45. The average molecular weight is 308 g/mol. The maximum absolute atomic E-state index is 11.3. The van der Waals surface area contributed by atoms with Gasteiger partial charge in [0.1, 0.15) is 16.5 Å². The second-order valence-corrected chi connectivity index (χ2v) is 6.53. The fraction of sp³-hybridized carbons (Fsp3) is 0.0833. The van der Waals surface area contributed by atoms with E-state index >= 15 is 0 Å². The summed E-state index contributed by atoms with van der Waals surface area (Å²) in [6.07, 6.45) is 4.13. The predicted octanol–water partition coefficient (Wildman–Crippen LogP) is 1.26. The van der Waals surface area contributed by atoms with Crippen LogP contribution in [0.15, 0.2) is 41.6 Å². The number of rotatable bonds is 4. The maximum Gasteiger partial charge on any atom is 0.175 e. The Kier molecular flexibility index (Phi) is 3.96. The molecule has 0 fully saturated rings. The summed E-state index contributed by atoms with van der Waals surface area (Å²) in [5.74, 6) is 0.511. The Balaban J connectivity index is 2.16. The molecule has 1 aromatic carbocycles. The molecule has 2 rings (SSSR count). The molecule has 3 N–H and O–H groups in total. The Bertz CT molecular complexity index is 725. The highest BCUT2D eigenvalue weighted by Gasteiger charge is 2.06. The van der Waals surface area contributed by atoms with Crippen LogP contribution in [0.2, 0.25) is 0 Å². The Labute approximate surface area is 122 Å². The largest absolute Gasteiger partial charge is 0.388 e. The number of nitrogens with zero attached hydrogens (tertiary/aromatic N) is 2. The van der Waals surface area contributed by atoms with Crippen molar-refractivity contribution >= 4 is 38.5 Å². The lowest BCUT2D eigenvalue weighted by Gasteiger charge is -2.06. The molecule has 0 unspecified atom stereocenters.